The van der Waals surface area contributed by atoms with Crippen LogP contribution < -0.4 is 47.4 Å². The predicted molar refractivity (Wildman–Crippen MR) is 426 cm³/mol. The van der Waals surface area contributed by atoms with Crippen molar-refractivity contribution in [1.29, 1.82) is 0 Å². The van der Waals surface area contributed by atoms with Crippen LogP contribution in [0.3, 0.4) is 0 Å². The molecule has 0 spiro atoms. The number of alkyl halides is 15. The molecule has 0 aliphatic carbocycles. The van der Waals surface area contributed by atoms with Crippen molar-refractivity contribution in [2.75, 3.05) is 42.0 Å². The van der Waals surface area contributed by atoms with E-state index in [0.717, 1.165) is 18.4 Å². The Morgan fingerprint density at radius 2 is 0.524 bits per heavy atom. The van der Waals surface area contributed by atoms with Gasteiger partial charge in [0, 0.05) is 0 Å². The van der Waals surface area contributed by atoms with Crippen molar-refractivity contribution in [2.45, 2.75) is 178 Å². The third-order valence-electron chi connectivity index (χ3n) is 14.9. The molecule has 5 aromatic carbocycles. The normalized spacial score (nSPS) is 13.6. The van der Waals surface area contributed by atoms with E-state index in [-0.39, 0.29) is 127 Å². The maximum atomic E-state index is 13.0. The first-order valence-corrected chi connectivity index (χ1v) is 43.1. The summed E-state index contributed by atoms with van der Waals surface area (Å²) < 4.78 is 405. The SMILES string of the molecule is [B]Cc1cc(OC(CS(=O)(=O)[O-])C(F)(F)F)cc(C[B])c1OC(C)(C)C.[B]Cc1cc(OC(CS(=O)(=O)[O-])C(F)(F)F)cc(C[B])c1OC(C)C.[B]Cc1cc(OC(CS(=O)(=O)[O-])C(F)(F)F)cc(C[B])c1OC=C.[B]Cc1cc(OC(CS(=O)(=O)[O-])C(F)(F)F)cc(C[B])c1OCC.[B]Cc1cc(OC(CS(=O)(=O)[O-])C(F)(F)F)cc(C[B])c1OCC=C. The molecule has 5 atom stereocenters. The summed E-state index contributed by atoms with van der Waals surface area (Å²) in [5.41, 5.74) is 2.62. The summed E-state index contributed by atoms with van der Waals surface area (Å²) >= 11 is 0. The van der Waals surface area contributed by atoms with Gasteiger partial charge in [0.05, 0.1) is 177 Å². The molecule has 0 aliphatic rings. The third kappa shape index (κ3) is 42.6. The highest BCUT2D eigenvalue weighted by Crippen LogP contribution is 2.40. The standard InChI is InChI=1S/C15H19B2F3O5S.C14H17B2F3O5S.C14H15B2F3O5S.C13H15B2F3O5S.C13H13B2F3O5S/c1-14(2,3)25-13-9(6-16)4-11(5-10(13)7-17)24-12(15(18,19)20)8-26(21,22)23;1-8(2)23-13-9(5-15)3-11(4-10(13)6-16)24-12(14(17,18)19)7-25(20,21)22;1-2-3-23-13-9(6-15)4-11(5-10(13)7-16)24-12(14(17,18)19)8-25(20,21)22;2*1-2-22-12-8(5-14)3-10(4-9(12)6-15)23-11(13(16,17)18)7-24(19,20)21/h4-5,12H,6-8H2,1-3H3,(H,21,22,23);3-4,8,12H,5-7H2,1-2H3,(H,20,21,22);2,4-5,12H,1,3,6-8H2,(H,20,21,22);3-4,11H,2,5-7H2,1H3,(H,19,20,21);2-4,11H,1,5-7H2,(H,19,20,21)/p-5. The molecule has 0 aromatic heterocycles. The molecule has 5 aromatic rings. The van der Waals surface area contributed by atoms with Gasteiger partial charge in [0.1, 0.15) is 69.7 Å². The van der Waals surface area contributed by atoms with Crippen molar-refractivity contribution >= 4 is 129 Å². The molecular formula is C69H74B10F15O25S5-5. The Balaban J connectivity index is 0.000000775. The van der Waals surface area contributed by atoms with Crippen LogP contribution >= 0.6 is 0 Å². The second-order valence-corrected chi connectivity index (χ2v) is 33.7. The molecule has 0 N–H and O–H groups in total. The number of benzene rings is 5. The monoisotopic (exact) mass is 1860 g/mol. The minimum Gasteiger partial charge on any atom is -0.748 e. The first kappa shape index (κ1) is 115. The maximum absolute atomic E-state index is 13.0. The lowest BCUT2D eigenvalue weighted by Gasteiger charge is -2.27. The van der Waals surface area contributed by atoms with Crippen LogP contribution in [-0.4, -0.2) is 258 Å². The molecule has 20 radical (unpaired) electrons. The van der Waals surface area contributed by atoms with E-state index in [1.165, 1.54) is 54.6 Å². The summed E-state index contributed by atoms with van der Waals surface area (Å²) in [5.74, 6) is -8.76. The second kappa shape index (κ2) is 49.3. The molecule has 25 nitrogen and oxygen atoms in total. The molecule has 5 rings (SSSR count). The van der Waals surface area contributed by atoms with E-state index >= 15 is 0 Å². The van der Waals surface area contributed by atoms with Crippen LogP contribution in [0, 0.1) is 0 Å². The van der Waals surface area contributed by atoms with E-state index in [4.69, 9.17) is 121 Å². The smallest absolute Gasteiger partial charge is 0.426 e. The van der Waals surface area contributed by atoms with Crippen molar-refractivity contribution in [1.82, 2.24) is 0 Å². The molecule has 0 heterocycles. The Hall–Kier alpha value is -7.27. The Bertz CT molecular complexity index is 4760. The van der Waals surface area contributed by atoms with Gasteiger partial charge in [-0.1, -0.05) is 82.4 Å². The molecule has 55 heteroatoms. The second-order valence-electron chi connectivity index (χ2n) is 26.5. The van der Waals surface area contributed by atoms with Crippen LogP contribution in [0.4, 0.5) is 65.9 Å². The van der Waals surface area contributed by atoms with Crippen LogP contribution in [0.2, 0.25) is 0 Å². The molecule has 5 unspecified atom stereocenters. The molecule has 670 valence electrons. The Kier molecular flexibility index (Phi) is 45.6. The van der Waals surface area contributed by atoms with Crippen LogP contribution in [0.25, 0.3) is 0 Å². The van der Waals surface area contributed by atoms with Crippen molar-refractivity contribution in [3.63, 3.8) is 0 Å². The summed E-state index contributed by atoms with van der Waals surface area (Å²) in [6.45, 7) is 17.8. The number of hydrogen-bond donors (Lipinski definition) is 0. The molecule has 0 saturated heterocycles. The van der Waals surface area contributed by atoms with Crippen molar-refractivity contribution in [2.24, 2.45) is 0 Å². The van der Waals surface area contributed by atoms with Gasteiger partial charge in [0.25, 0.3) is 0 Å². The van der Waals surface area contributed by atoms with Gasteiger partial charge in [0.2, 0.25) is 30.5 Å². The van der Waals surface area contributed by atoms with E-state index in [1.54, 1.807) is 41.5 Å². The number of rotatable bonds is 40. The first-order chi connectivity index (χ1) is 56.6. The van der Waals surface area contributed by atoms with Crippen molar-refractivity contribution in [3.05, 3.63) is 142 Å². The highest BCUT2D eigenvalue weighted by molar-refractivity contribution is 7.86. The van der Waals surface area contributed by atoms with Gasteiger partial charge in [-0.3, -0.25) is 0 Å². The van der Waals surface area contributed by atoms with E-state index in [0.29, 0.717) is 68.4 Å². The summed E-state index contributed by atoms with van der Waals surface area (Å²) in [5, 5.41) is 0. The van der Waals surface area contributed by atoms with Gasteiger partial charge in [-0.15, -0.1) is 0 Å². The molecule has 0 saturated carbocycles. The molecule has 0 bridgehead atoms. The number of halogens is 15. The van der Waals surface area contributed by atoms with Gasteiger partial charge in [-0.25, -0.2) is 42.1 Å². The zero-order valence-electron chi connectivity index (χ0n) is 66.5. The first-order valence-electron chi connectivity index (χ1n) is 35.2. The van der Waals surface area contributed by atoms with Crippen LogP contribution in [-0.2, 0) is 114 Å². The molecular weight excluding hydrogens is 1780 g/mol. The lowest BCUT2D eigenvalue weighted by atomic mass is 9.89. The minimum atomic E-state index is -5.16. The Labute approximate surface area is 722 Å². The van der Waals surface area contributed by atoms with Gasteiger partial charge in [0.15, 0.2) is 0 Å². The highest BCUT2D eigenvalue weighted by atomic mass is 32.2. The van der Waals surface area contributed by atoms with Gasteiger partial charge in [-0.2, -0.15) is 65.9 Å². The third-order valence-corrected chi connectivity index (χ3v) is 18.4. The van der Waals surface area contributed by atoms with E-state index < -0.39 is 146 Å². The Morgan fingerprint density at radius 1 is 0.331 bits per heavy atom. The van der Waals surface area contributed by atoms with Gasteiger partial charge in [-0.05, 0) is 158 Å². The lowest BCUT2D eigenvalue weighted by Crippen LogP contribution is -2.40. The zero-order valence-corrected chi connectivity index (χ0v) is 70.6. The molecule has 0 aliphatic heterocycles. The number of ether oxygens (including phenoxy) is 10. The average molecular weight is 1860 g/mol. The number of hydrogen-bond acceptors (Lipinski definition) is 25. The average Bonchev–Trinajstić information content (AvgIpc) is 0.816. The maximum Gasteiger partial charge on any atom is 0.426 e. The quantitative estimate of drug-likeness (QED) is 0.0118. The highest BCUT2D eigenvalue weighted by Gasteiger charge is 2.48. The predicted octanol–water partition coefficient (Wildman–Crippen LogP) is 7.84. The van der Waals surface area contributed by atoms with E-state index in [9.17, 15) is 131 Å². The van der Waals surface area contributed by atoms with Gasteiger partial charge < -0.3 is 70.1 Å². The van der Waals surface area contributed by atoms with Gasteiger partial charge >= 0.3 is 30.9 Å². The van der Waals surface area contributed by atoms with Crippen molar-refractivity contribution < 1.29 is 178 Å². The van der Waals surface area contributed by atoms with Crippen LogP contribution in [0.15, 0.2) is 86.2 Å². The fourth-order valence-corrected chi connectivity index (χ4v) is 13.0. The fraction of sp³-hybridized carbons (Fsp3) is 0.507. The Morgan fingerprint density at radius 3 is 0.685 bits per heavy atom. The molecule has 124 heavy (non-hydrogen) atoms. The van der Waals surface area contributed by atoms with Crippen LogP contribution in [0.1, 0.15) is 97.2 Å². The van der Waals surface area contributed by atoms with E-state index in [1.807, 2.05) is 0 Å². The topological polar surface area (TPSA) is 378 Å². The summed E-state index contributed by atoms with van der Waals surface area (Å²) in [6.07, 6.45) is -37.8. The van der Waals surface area contributed by atoms with Crippen molar-refractivity contribution in [3.8, 4) is 57.5 Å². The molecule has 0 amide bonds. The van der Waals surface area contributed by atoms with E-state index in [2.05, 4.69) is 17.9 Å². The van der Waals surface area contributed by atoms with Crippen LogP contribution in [0.5, 0.6) is 57.5 Å². The zero-order chi connectivity index (χ0) is 96.1. The molecule has 0 fully saturated rings. The minimum absolute atomic E-state index is 0.0595. The largest absolute Gasteiger partial charge is 0.748 e. The lowest BCUT2D eigenvalue weighted by molar-refractivity contribution is -0.188. The summed E-state index contributed by atoms with van der Waals surface area (Å²) in [7, 11) is 29.9. The summed E-state index contributed by atoms with van der Waals surface area (Å²) in [4.78, 5) is 0. The fourth-order valence-electron chi connectivity index (χ4n) is 9.91. The summed E-state index contributed by atoms with van der Waals surface area (Å²) in [6, 6.07) is 11.8.